The summed E-state index contributed by atoms with van der Waals surface area (Å²) in [6, 6.07) is 14.7. The highest BCUT2D eigenvalue weighted by Crippen LogP contribution is 2.24. The third kappa shape index (κ3) is 6.67. The molecule has 32 heavy (non-hydrogen) atoms. The van der Waals surface area contributed by atoms with Crippen LogP contribution < -0.4 is 15.4 Å². The number of pyridine rings is 1. The van der Waals surface area contributed by atoms with Gasteiger partial charge >= 0.3 is 6.36 Å². The number of alkyl halides is 3. The number of amides is 2. The Morgan fingerprint density at radius 3 is 2.34 bits per heavy atom. The molecule has 0 spiro atoms. The molecular weight excluding hydrogens is 491 g/mol. The number of nitrogens with zero attached hydrogens (tertiary/aromatic N) is 1. The zero-order valence-electron chi connectivity index (χ0n) is 16.2. The van der Waals surface area contributed by atoms with E-state index < -0.39 is 23.9 Å². The zero-order valence-corrected chi connectivity index (χ0v) is 17.8. The minimum atomic E-state index is -4.82. The largest absolute Gasteiger partial charge is 0.573 e. The van der Waals surface area contributed by atoms with Gasteiger partial charge in [-0.1, -0.05) is 18.2 Å². The molecule has 3 rings (SSSR count). The van der Waals surface area contributed by atoms with Gasteiger partial charge in [0.2, 0.25) is 0 Å². The van der Waals surface area contributed by atoms with Gasteiger partial charge in [-0.25, -0.2) is 0 Å². The van der Waals surface area contributed by atoms with Crippen molar-refractivity contribution in [3.8, 4) is 5.75 Å². The smallest absolute Gasteiger partial charge is 0.406 e. The summed E-state index contributed by atoms with van der Waals surface area (Å²) < 4.78 is 41.3. The molecular formula is C22H15BrF3N3O3. The van der Waals surface area contributed by atoms with Crippen molar-refractivity contribution in [1.82, 2.24) is 10.3 Å². The van der Waals surface area contributed by atoms with Gasteiger partial charge < -0.3 is 15.4 Å². The van der Waals surface area contributed by atoms with Gasteiger partial charge in [-0.2, -0.15) is 0 Å². The second-order valence-electron chi connectivity index (χ2n) is 6.30. The van der Waals surface area contributed by atoms with E-state index in [0.717, 1.165) is 12.1 Å². The quantitative estimate of drug-likeness (QED) is 0.454. The van der Waals surface area contributed by atoms with Gasteiger partial charge in [0.25, 0.3) is 11.8 Å². The van der Waals surface area contributed by atoms with Crippen LogP contribution in [0.3, 0.4) is 0 Å². The van der Waals surface area contributed by atoms with E-state index in [4.69, 9.17) is 0 Å². The van der Waals surface area contributed by atoms with Crippen molar-refractivity contribution < 1.29 is 27.5 Å². The number of halogens is 4. The number of hydrogen-bond donors (Lipinski definition) is 2. The first-order valence-corrected chi connectivity index (χ1v) is 9.85. The van der Waals surface area contributed by atoms with Crippen molar-refractivity contribution >= 4 is 39.5 Å². The summed E-state index contributed by atoms with van der Waals surface area (Å²) in [5, 5.41) is 5.10. The maximum atomic E-state index is 12.8. The fourth-order valence-electron chi connectivity index (χ4n) is 2.56. The second kappa shape index (κ2) is 10.1. The number of nitrogens with one attached hydrogen (secondary N) is 2. The van der Waals surface area contributed by atoms with Crippen molar-refractivity contribution in [3.05, 3.63) is 94.4 Å². The van der Waals surface area contributed by atoms with Crippen molar-refractivity contribution in [1.29, 1.82) is 0 Å². The molecule has 2 N–H and O–H groups in total. The predicted octanol–water partition coefficient (Wildman–Crippen LogP) is 5.15. The lowest BCUT2D eigenvalue weighted by atomic mass is 10.2. The van der Waals surface area contributed by atoms with Crippen LogP contribution in [-0.2, 0) is 4.79 Å². The molecule has 164 valence electrons. The normalized spacial score (nSPS) is 11.6. The van der Waals surface area contributed by atoms with E-state index >= 15 is 0 Å². The van der Waals surface area contributed by atoms with Gasteiger partial charge in [-0.05, 0) is 70.0 Å². The Bertz CT molecular complexity index is 1130. The molecule has 0 aliphatic heterocycles. The molecule has 1 heterocycles. The average Bonchev–Trinajstić information content (AvgIpc) is 2.74. The first kappa shape index (κ1) is 23.0. The lowest BCUT2D eigenvalue weighted by Crippen LogP contribution is -2.31. The van der Waals surface area contributed by atoms with Crippen LogP contribution in [0.1, 0.15) is 15.9 Å². The summed E-state index contributed by atoms with van der Waals surface area (Å²) >= 11 is 3.29. The minimum Gasteiger partial charge on any atom is -0.406 e. The highest BCUT2D eigenvalue weighted by atomic mass is 79.9. The van der Waals surface area contributed by atoms with Crippen LogP contribution in [0.5, 0.6) is 5.75 Å². The van der Waals surface area contributed by atoms with Crippen LogP contribution in [0.15, 0.2) is 83.2 Å². The van der Waals surface area contributed by atoms with Gasteiger partial charge in [0, 0.05) is 22.6 Å². The molecule has 10 heteroatoms. The third-order valence-corrected chi connectivity index (χ3v) is 4.64. The van der Waals surface area contributed by atoms with Crippen LogP contribution in [-0.4, -0.2) is 23.2 Å². The Kier molecular flexibility index (Phi) is 7.26. The first-order valence-electron chi connectivity index (χ1n) is 9.06. The molecule has 2 aromatic carbocycles. The van der Waals surface area contributed by atoms with E-state index in [1.165, 1.54) is 24.4 Å². The van der Waals surface area contributed by atoms with E-state index in [0.29, 0.717) is 15.6 Å². The molecule has 0 aliphatic carbocycles. The Morgan fingerprint density at radius 2 is 1.72 bits per heavy atom. The molecule has 0 saturated carbocycles. The van der Waals surface area contributed by atoms with Crippen LogP contribution in [0.25, 0.3) is 6.08 Å². The number of hydrogen-bond acceptors (Lipinski definition) is 4. The van der Waals surface area contributed by atoms with E-state index in [2.05, 4.69) is 36.3 Å². The van der Waals surface area contributed by atoms with Gasteiger partial charge in [0.1, 0.15) is 11.4 Å². The lowest BCUT2D eigenvalue weighted by molar-refractivity contribution is -0.274. The Labute approximate surface area is 189 Å². The van der Waals surface area contributed by atoms with Gasteiger partial charge in [0.05, 0.1) is 5.56 Å². The summed E-state index contributed by atoms with van der Waals surface area (Å²) in [7, 11) is 0. The summed E-state index contributed by atoms with van der Waals surface area (Å²) in [5.41, 5.74) is 0.983. The molecule has 0 saturated heterocycles. The number of aromatic nitrogens is 1. The van der Waals surface area contributed by atoms with E-state index in [1.807, 2.05) is 0 Å². The number of benzene rings is 2. The van der Waals surface area contributed by atoms with E-state index in [9.17, 15) is 22.8 Å². The molecule has 6 nitrogen and oxygen atoms in total. The molecule has 1 aromatic heterocycles. The average molecular weight is 506 g/mol. The topological polar surface area (TPSA) is 80.3 Å². The molecule has 2 amide bonds. The maximum Gasteiger partial charge on any atom is 0.573 e. The Balaban J connectivity index is 1.82. The fourth-order valence-corrected chi connectivity index (χ4v) is 3.02. The van der Waals surface area contributed by atoms with E-state index in [1.54, 1.807) is 42.6 Å². The van der Waals surface area contributed by atoms with Crippen LogP contribution >= 0.6 is 15.9 Å². The number of ether oxygens (including phenoxy) is 1. The number of carbonyl (C=O) groups excluding carboxylic acids is 2. The Hall–Kier alpha value is -3.66. The fraction of sp³-hybridized carbons (Fsp3) is 0.0455. The standard InChI is InChI=1S/C22H15BrF3N3O3/c23-18-6-2-1-5-17(18)20(30)29-19(12-14-4-3-11-27-13-14)21(31)28-15-7-9-16(10-8-15)32-22(24,25)26/h1-13H,(H,28,31)(H,29,30). The molecule has 0 aliphatic rings. The summed E-state index contributed by atoms with van der Waals surface area (Å²) in [6.45, 7) is 0. The van der Waals surface area contributed by atoms with Crippen LogP contribution in [0, 0.1) is 0 Å². The molecule has 0 fully saturated rings. The maximum absolute atomic E-state index is 12.8. The van der Waals surface area contributed by atoms with Crippen molar-refractivity contribution in [3.63, 3.8) is 0 Å². The summed E-state index contributed by atoms with van der Waals surface area (Å²) in [6.07, 6.45) is -0.332. The van der Waals surface area contributed by atoms with Crippen molar-refractivity contribution in [2.24, 2.45) is 0 Å². The third-order valence-electron chi connectivity index (χ3n) is 3.95. The van der Waals surface area contributed by atoms with Gasteiger partial charge in [-0.3, -0.25) is 14.6 Å². The zero-order chi connectivity index (χ0) is 23.1. The summed E-state index contributed by atoms with van der Waals surface area (Å²) in [5.74, 6) is -1.64. The highest BCUT2D eigenvalue weighted by Gasteiger charge is 2.31. The second-order valence-corrected chi connectivity index (χ2v) is 7.16. The number of rotatable bonds is 6. The first-order chi connectivity index (χ1) is 15.2. The van der Waals surface area contributed by atoms with Crippen molar-refractivity contribution in [2.75, 3.05) is 5.32 Å². The van der Waals surface area contributed by atoms with Crippen LogP contribution in [0.4, 0.5) is 18.9 Å². The van der Waals surface area contributed by atoms with Gasteiger partial charge in [0.15, 0.2) is 0 Å². The molecule has 3 aromatic rings. The summed E-state index contributed by atoms with van der Waals surface area (Å²) in [4.78, 5) is 29.5. The predicted molar refractivity (Wildman–Crippen MR) is 116 cm³/mol. The SMILES string of the molecule is O=C(Nc1ccc(OC(F)(F)F)cc1)C(=Cc1cccnc1)NC(=O)c1ccccc1Br. The van der Waals surface area contributed by atoms with E-state index in [-0.39, 0.29) is 11.4 Å². The minimum absolute atomic E-state index is 0.0885. The molecule has 0 atom stereocenters. The number of carbonyl (C=O) groups is 2. The molecule has 0 radical (unpaired) electrons. The van der Waals surface area contributed by atoms with Crippen molar-refractivity contribution in [2.45, 2.75) is 6.36 Å². The highest BCUT2D eigenvalue weighted by molar-refractivity contribution is 9.10. The number of anilines is 1. The lowest BCUT2D eigenvalue weighted by Gasteiger charge is -2.13. The molecule has 0 bridgehead atoms. The Morgan fingerprint density at radius 1 is 1.00 bits per heavy atom. The monoisotopic (exact) mass is 505 g/mol. The molecule has 0 unspecified atom stereocenters. The van der Waals surface area contributed by atoms with Crippen LogP contribution in [0.2, 0.25) is 0 Å². The van der Waals surface area contributed by atoms with Gasteiger partial charge in [-0.15, -0.1) is 13.2 Å².